The van der Waals surface area contributed by atoms with Crippen LogP contribution in [0.5, 0.6) is 0 Å². The molecule has 1 heterocycles. The zero-order valence-electron chi connectivity index (χ0n) is 14.5. The highest BCUT2D eigenvalue weighted by molar-refractivity contribution is 6.38. The summed E-state index contributed by atoms with van der Waals surface area (Å²) in [5.74, 6) is -3.46. The second-order valence-electron chi connectivity index (χ2n) is 5.76. The molecule has 1 aliphatic heterocycles. The molecule has 1 aliphatic rings. The molecule has 1 amide bonds. The fourth-order valence-electron chi connectivity index (χ4n) is 2.69. The number of ether oxygens (including phenoxy) is 1. The Morgan fingerprint density at radius 3 is 2.63 bits per heavy atom. The predicted molar refractivity (Wildman–Crippen MR) is 96.4 cm³/mol. The molecule has 0 saturated carbocycles. The minimum atomic E-state index is -1.15. The van der Waals surface area contributed by atoms with Crippen molar-refractivity contribution >= 4 is 29.0 Å². The number of esters is 1. The van der Waals surface area contributed by atoms with Gasteiger partial charge in [-0.15, -0.1) is 0 Å². The van der Waals surface area contributed by atoms with Crippen LogP contribution in [0.3, 0.4) is 0 Å². The fourth-order valence-corrected chi connectivity index (χ4v) is 2.69. The van der Waals surface area contributed by atoms with Crippen molar-refractivity contribution in [3.05, 3.63) is 60.2 Å². The highest BCUT2D eigenvalue weighted by Crippen LogP contribution is 2.26. The third kappa shape index (κ3) is 3.94. The molecule has 2 aromatic carbocycles. The maximum atomic E-state index is 13.9. The Morgan fingerprint density at radius 2 is 1.93 bits per heavy atom. The number of nitrogens with one attached hydrogen (secondary N) is 1. The van der Waals surface area contributed by atoms with Gasteiger partial charge in [-0.3, -0.25) is 9.80 Å². The van der Waals surface area contributed by atoms with Crippen molar-refractivity contribution in [2.75, 3.05) is 16.9 Å². The molecular formula is C19H17F2N3O3. The van der Waals surface area contributed by atoms with Gasteiger partial charge in [0.25, 0.3) is 0 Å². The van der Waals surface area contributed by atoms with Gasteiger partial charge in [0.1, 0.15) is 11.8 Å². The highest BCUT2D eigenvalue weighted by Gasteiger charge is 2.37. The number of nitrogens with zero attached hydrogens (tertiary/aromatic N) is 2. The predicted octanol–water partition coefficient (Wildman–Crippen LogP) is 3.10. The second kappa shape index (κ2) is 7.94. The van der Waals surface area contributed by atoms with Gasteiger partial charge >= 0.3 is 5.97 Å². The number of anilines is 2. The Bertz CT molecular complexity index is 887. The van der Waals surface area contributed by atoms with E-state index in [-0.39, 0.29) is 24.4 Å². The van der Waals surface area contributed by atoms with Crippen LogP contribution in [-0.2, 0) is 14.3 Å². The maximum absolute atomic E-state index is 13.9. The highest BCUT2D eigenvalue weighted by atomic mass is 19.2. The monoisotopic (exact) mass is 373 g/mol. The number of para-hydroxylation sites is 1. The molecule has 0 spiro atoms. The minimum absolute atomic E-state index is 0.0174. The lowest BCUT2D eigenvalue weighted by Gasteiger charge is -2.22. The molecule has 0 radical (unpaired) electrons. The lowest BCUT2D eigenvalue weighted by atomic mass is 10.1. The molecule has 1 unspecified atom stereocenters. The van der Waals surface area contributed by atoms with Crippen LogP contribution in [-0.4, -0.2) is 30.2 Å². The van der Waals surface area contributed by atoms with Crippen molar-refractivity contribution in [1.82, 2.24) is 0 Å². The molecule has 3 rings (SSSR count). The zero-order chi connectivity index (χ0) is 19.4. The van der Waals surface area contributed by atoms with Crippen LogP contribution in [0.25, 0.3) is 0 Å². The van der Waals surface area contributed by atoms with Gasteiger partial charge in [0, 0.05) is 6.42 Å². The molecule has 6 nitrogen and oxygen atoms in total. The van der Waals surface area contributed by atoms with E-state index in [1.54, 1.807) is 37.3 Å². The molecule has 0 aromatic heterocycles. The smallest absolute Gasteiger partial charge is 0.354 e. The third-order valence-electron chi connectivity index (χ3n) is 3.95. The van der Waals surface area contributed by atoms with E-state index in [4.69, 9.17) is 4.74 Å². The van der Waals surface area contributed by atoms with Gasteiger partial charge < -0.3 is 10.1 Å². The summed E-state index contributed by atoms with van der Waals surface area (Å²) in [6.07, 6.45) is -0.0174. The average Bonchev–Trinajstić information content (AvgIpc) is 3.12. The van der Waals surface area contributed by atoms with E-state index in [1.807, 2.05) is 0 Å². The Morgan fingerprint density at radius 1 is 1.19 bits per heavy atom. The largest absolute Gasteiger partial charge is 0.461 e. The minimum Gasteiger partial charge on any atom is -0.461 e. The molecule has 0 saturated heterocycles. The molecule has 0 bridgehead atoms. The van der Waals surface area contributed by atoms with Crippen molar-refractivity contribution in [3.8, 4) is 0 Å². The number of rotatable bonds is 5. The quantitative estimate of drug-likeness (QED) is 0.818. The summed E-state index contributed by atoms with van der Waals surface area (Å²) in [5.41, 5.74) is 0.384. The van der Waals surface area contributed by atoms with Crippen molar-refractivity contribution in [3.63, 3.8) is 0 Å². The summed E-state index contributed by atoms with van der Waals surface area (Å²) >= 11 is 0. The number of benzene rings is 2. The number of hydrazone groups is 1. The lowest BCUT2D eigenvalue weighted by Crippen LogP contribution is -2.39. The summed E-state index contributed by atoms with van der Waals surface area (Å²) in [6, 6.07) is 11.4. The van der Waals surface area contributed by atoms with Gasteiger partial charge in [0.05, 0.1) is 18.0 Å². The van der Waals surface area contributed by atoms with E-state index in [1.165, 1.54) is 17.1 Å². The fraction of sp³-hybridized carbons (Fsp3) is 0.211. The molecule has 27 heavy (non-hydrogen) atoms. The molecule has 0 aliphatic carbocycles. The van der Waals surface area contributed by atoms with Crippen LogP contribution < -0.4 is 10.3 Å². The first-order chi connectivity index (χ1) is 13.0. The number of amides is 1. The summed E-state index contributed by atoms with van der Waals surface area (Å²) in [7, 11) is 0. The van der Waals surface area contributed by atoms with Gasteiger partial charge in [0.15, 0.2) is 11.6 Å². The molecule has 1 atom stereocenters. The summed E-state index contributed by atoms with van der Waals surface area (Å²) in [4.78, 5) is 24.7. The van der Waals surface area contributed by atoms with Gasteiger partial charge in [-0.2, -0.15) is 5.10 Å². The average molecular weight is 373 g/mol. The van der Waals surface area contributed by atoms with Crippen molar-refractivity contribution in [1.29, 1.82) is 0 Å². The number of carbonyl (C=O) groups is 2. The molecular weight excluding hydrogens is 356 g/mol. The normalized spacial score (nSPS) is 16.0. The molecule has 8 heteroatoms. The van der Waals surface area contributed by atoms with E-state index in [9.17, 15) is 18.4 Å². The molecule has 2 aromatic rings. The number of carbonyl (C=O) groups excluding carboxylic acids is 2. The molecule has 1 N–H and O–H groups in total. The van der Waals surface area contributed by atoms with E-state index in [0.717, 1.165) is 6.07 Å². The van der Waals surface area contributed by atoms with Gasteiger partial charge in [0.2, 0.25) is 5.91 Å². The molecule has 140 valence electrons. The first-order valence-corrected chi connectivity index (χ1v) is 8.35. The summed E-state index contributed by atoms with van der Waals surface area (Å²) < 4.78 is 32.2. The standard InChI is InChI=1S/C19H17F2N3O3/c1-2-27-19(26)15-11-16(24(23-15)12-7-4-3-5-8-12)18(25)22-14-10-6-9-13(20)17(14)21/h3-10,16H,2,11H2,1H3,(H,22,25). The van der Waals surface area contributed by atoms with Crippen molar-refractivity contribution < 1.29 is 23.1 Å². The second-order valence-corrected chi connectivity index (χ2v) is 5.76. The number of halogens is 2. The van der Waals surface area contributed by atoms with Gasteiger partial charge in [-0.1, -0.05) is 24.3 Å². The van der Waals surface area contributed by atoms with Crippen LogP contribution in [0.15, 0.2) is 53.6 Å². The first kappa shape index (κ1) is 18.5. The molecule has 0 fully saturated rings. The number of hydrogen-bond donors (Lipinski definition) is 1. The van der Waals surface area contributed by atoms with E-state index < -0.39 is 29.6 Å². The van der Waals surface area contributed by atoms with Crippen molar-refractivity contribution in [2.45, 2.75) is 19.4 Å². The Hall–Kier alpha value is -3.29. The van der Waals surface area contributed by atoms with Crippen LogP contribution in [0.4, 0.5) is 20.2 Å². The summed E-state index contributed by atoms with van der Waals surface area (Å²) in [5, 5.41) is 7.94. The lowest BCUT2D eigenvalue weighted by molar-refractivity contribution is -0.135. The summed E-state index contributed by atoms with van der Waals surface area (Å²) in [6.45, 7) is 1.84. The van der Waals surface area contributed by atoms with Crippen molar-refractivity contribution in [2.24, 2.45) is 5.10 Å². The maximum Gasteiger partial charge on any atom is 0.354 e. The third-order valence-corrected chi connectivity index (χ3v) is 3.95. The topological polar surface area (TPSA) is 71.0 Å². The van der Waals surface area contributed by atoms with Crippen LogP contribution >= 0.6 is 0 Å². The Kier molecular flexibility index (Phi) is 5.44. The van der Waals surface area contributed by atoms with E-state index in [0.29, 0.717) is 5.69 Å². The number of hydrogen-bond acceptors (Lipinski definition) is 5. The van der Waals surface area contributed by atoms with E-state index in [2.05, 4.69) is 10.4 Å². The van der Waals surface area contributed by atoms with Crippen LogP contribution in [0.1, 0.15) is 13.3 Å². The van der Waals surface area contributed by atoms with Gasteiger partial charge in [-0.25, -0.2) is 13.6 Å². The van der Waals surface area contributed by atoms with Gasteiger partial charge in [-0.05, 0) is 31.2 Å². The first-order valence-electron chi connectivity index (χ1n) is 8.35. The van der Waals surface area contributed by atoms with E-state index >= 15 is 0 Å². The Balaban J connectivity index is 1.87. The zero-order valence-corrected chi connectivity index (χ0v) is 14.5. The Labute approximate surface area is 154 Å². The van der Waals surface area contributed by atoms with Crippen LogP contribution in [0, 0.1) is 11.6 Å². The SMILES string of the molecule is CCOC(=O)C1=NN(c2ccccc2)C(C(=O)Nc2cccc(F)c2F)C1. The van der Waals surface area contributed by atoms with Crippen LogP contribution in [0.2, 0.25) is 0 Å².